The summed E-state index contributed by atoms with van der Waals surface area (Å²) in [5.74, 6) is 0. The van der Waals surface area contributed by atoms with Gasteiger partial charge in [-0.05, 0) is 208 Å². The average Bonchev–Trinajstić information content (AvgIpc) is 1.96. The Morgan fingerprint density at radius 3 is 0.761 bits per heavy atom. The number of nitrogens with zero attached hydrogens (tertiary/aromatic N) is 4. The van der Waals surface area contributed by atoms with Gasteiger partial charge in [0.05, 0.1) is 38.6 Å². The topological polar surface area (TPSA) is 19.7 Å². The van der Waals surface area contributed by atoms with Crippen molar-refractivity contribution in [1.29, 1.82) is 0 Å². The monoisotopic (exact) mass is 1120 g/mol. The zero-order valence-corrected chi connectivity index (χ0v) is 48.2. The fourth-order valence-corrected chi connectivity index (χ4v) is 14.6. The predicted molar refractivity (Wildman–Crippen MR) is 371 cm³/mol. The molecule has 0 fully saturated rings. The lowest BCUT2D eigenvalue weighted by Crippen LogP contribution is -2.00. The minimum atomic E-state index is 1.04. The number of hydrogen-bond acceptors (Lipinski definition) is 0. The lowest BCUT2D eigenvalue weighted by atomic mass is 9.89. The fourth-order valence-electron chi connectivity index (χ4n) is 14.6. The molecule has 412 valence electrons. The molecule has 4 heteroatoms. The first-order valence-electron chi connectivity index (χ1n) is 30.6. The van der Waals surface area contributed by atoms with E-state index in [1.807, 2.05) is 0 Å². The fraction of sp³-hybridized carbons (Fsp3) is 0.0238. The highest BCUT2D eigenvalue weighted by Gasteiger charge is 2.21. The summed E-state index contributed by atoms with van der Waals surface area (Å²) in [7, 11) is 0. The minimum Gasteiger partial charge on any atom is -0.310 e. The molecule has 17 aromatic rings. The van der Waals surface area contributed by atoms with Crippen molar-refractivity contribution in [2.75, 3.05) is 0 Å². The molecule has 0 saturated carbocycles. The maximum Gasteiger partial charge on any atom is 0.0541 e. The van der Waals surface area contributed by atoms with Crippen LogP contribution in [-0.2, 0) is 6.42 Å². The van der Waals surface area contributed by atoms with E-state index in [0.29, 0.717) is 0 Å². The molecular formula is C84H56N4. The Labute approximate surface area is 509 Å². The van der Waals surface area contributed by atoms with Crippen LogP contribution < -0.4 is 0 Å². The van der Waals surface area contributed by atoms with Crippen LogP contribution in [0.1, 0.15) is 17.7 Å². The number of hydrogen-bond donors (Lipinski definition) is 0. The van der Waals surface area contributed by atoms with E-state index >= 15 is 0 Å². The van der Waals surface area contributed by atoms with E-state index in [2.05, 4.69) is 334 Å². The molecule has 13 aromatic carbocycles. The lowest BCUT2D eigenvalue weighted by Gasteiger charge is -2.17. The third kappa shape index (κ3) is 8.00. The Bertz CT molecular complexity index is 5380. The number of aryl methyl sites for hydroxylation is 1. The molecule has 0 spiro atoms. The third-order valence-corrected chi connectivity index (χ3v) is 18.5. The van der Waals surface area contributed by atoms with Gasteiger partial charge < -0.3 is 18.3 Å². The molecule has 4 aromatic heterocycles. The quantitative estimate of drug-likeness (QED) is 0.137. The van der Waals surface area contributed by atoms with Gasteiger partial charge in [0, 0.05) is 66.1 Å². The summed E-state index contributed by atoms with van der Waals surface area (Å²) in [5, 5.41) is 8.81. The van der Waals surface area contributed by atoms with Crippen LogP contribution in [0.3, 0.4) is 0 Å². The molecule has 0 atom stereocenters. The normalized spacial score (nSPS) is 12.4. The van der Waals surface area contributed by atoms with Crippen molar-refractivity contribution < 1.29 is 0 Å². The predicted octanol–water partition coefficient (Wildman–Crippen LogP) is 22.2. The molecule has 0 unspecified atom stereocenters. The zero-order chi connectivity index (χ0) is 57.8. The second kappa shape index (κ2) is 20.1. The van der Waals surface area contributed by atoms with Crippen molar-refractivity contribution in [3.05, 3.63) is 321 Å². The van der Waals surface area contributed by atoms with E-state index in [0.717, 1.165) is 91.2 Å². The highest BCUT2D eigenvalue weighted by Crippen LogP contribution is 2.43. The summed E-state index contributed by atoms with van der Waals surface area (Å²) in [5.41, 5.74) is 27.0. The Balaban J connectivity index is 0.863. The molecular weight excluding hydrogens is 1060 g/mol. The van der Waals surface area contributed by atoms with Gasteiger partial charge in [-0.25, -0.2) is 0 Å². The SMILES string of the molecule is C1=Cc2c(c3ccccc3n2-c2cccc(-c3cc(-c4cc(-c5cccc(-n6c7ccccc7c7ccccc76)c5)cc(-c5cccc(-n6c7ccccc7c7ccccc76)c5)c4)cc(-c4cccc(-n5c6ccccc6c6ccccc65)c4)c3)c2)CC1. The summed E-state index contributed by atoms with van der Waals surface area (Å²) in [6.07, 6.45) is 6.75. The van der Waals surface area contributed by atoms with Crippen molar-refractivity contribution in [3.63, 3.8) is 0 Å². The van der Waals surface area contributed by atoms with Crippen molar-refractivity contribution in [1.82, 2.24) is 18.3 Å². The van der Waals surface area contributed by atoms with Gasteiger partial charge in [0.2, 0.25) is 0 Å². The summed E-state index contributed by atoms with van der Waals surface area (Å²) in [6, 6.07) is 113. The first-order chi connectivity index (χ1) is 43.6. The molecule has 0 amide bonds. The number of allylic oxidation sites excluding steroid dienone is 1. The molecule has 0 bridgehead atoms. The highest BCUT2D eigenvalue weighted by molar-refractivity contribution is 6.11. The largest absolute Gasteiger partial charge is 0.310 e. The summed E-state index contributed by atoms with van der Waals surface area (Å²) < 4.78 is 9.75. The Hall–Kier alpha value is -11.5. The van der Waals surface area contributed by atoms with Gasteiger partial charge in [0.15, 0.2) is 0 Å². The van der Waals surface area contributed by atoms with Crippen LogP contribution in [0.5, 0.6) is 0 Å². The number of rotatable bonds is 9. The standard InChI is InChI=1S/C84H56N4/c1-9-37-77-69(29-1)70-30-2-10-38-78(70)85(77)65-25-17-21-55(51-65)59-45-60(56-22-18-26-66(52-56)86-79-39-11-3-31-71(79)72-32-4-12-40-80(72)86)48-63(47-59)64-49-61(57-23-19-27-67(53-57)87-81-41-13-5-33-73(81)74-34-6-14-42-82(74)87)46-62(50-64)58-24-20-28-68(54-58)88-83-43-15-7-35-75(83)76-36-8-16-44-84(76)88/h1-7,9-35,37-54H,8,36H2. The molecule has 4 heterocycles. The Kier molecular flexibility index (Phi) is 11.4. The molecule has 0 N–H and O–H groups in total. The highest BCUT2D eigenvalue weighted by atomic mass is 15.0. The first-order valence-corrected chi connectivity index (χ1v) is 30.6. The lowest BCUT2D eigenvalue weighted by molar-refractivity contribution is 0.968. The van der Waals surface area contributed by atoms with Gasteiger partial charge in [-0.1, -0.05) is 182 Å². The maximum absolute atomic E-state index is 2.47. The van der Waals surface area contributed by atoms with Crippen LogP contribution in [0.4, 0.5) is 0 Å². The number of aromatic nitrogens is 4. The van der Waals surface area contributed by atoms with Gasteiger partial charge in [-0.3, -0.25) is 0 Å². The molecule has 18 rings (SSSR count). The van der Waals surface area contributed by atoms with Crippen LogP contribution >= 0.6 is 0 Å². The molecule has 1 aliphatic carbocycles. The molecule has 0 aliphatic heterocycles. The van der Waals surface area contributed by atoms with E-state index in [-0.39, 0.29) is 0 Å². The Morgan fingerprint density at radius 2 is 0.455 bits per heavy atom. The molecule has 0 radical (unpaired) electrons. The van der Waals surface area contributed by atoms with E-state index in [1.54, 1.807) is 0 Å². The van der Waals surface area contributed by atoms with Crippen molar-refractivity contribution >= 4 is 82.4 Å². The number of benzene rings is 13. The van der Waals surface area contributed by atoms with E-state index in [1.165, 1.54) is 87.6 Å². The maximum atomic E-state index is 2.47. The third-order valence-electron chi connectivity index (χ3n) is 18.5. The van der Waals surface area contributed by atoms with Gasteiger partial charge in [0.1, 0.15) is 0 Å². The second-order valence-electron chi connectivity index (χ2n) is 23.6. The molecule has 4 nitrogen and oxygen atoms in total. The molecule has 0 saturated heterocycles. The minimum absolute atomic E-state index is 1.04. The zero-order valence-electron chi connectivity index (χ0n) is 48.2. The molecule has 1 aliphatic rings. The van der Waals surface area contributed by atoms with Crippen molar-refractivity contribution in [2.45, 2.75) is 12.8 Å². The smallest absolute Gasteiger partial charge is 0.0541 e. The summed E-state index contributed by atoms with van der Waals surface area (Å²) in [6.45, 7) is 0. The number of para-hydroxylation sites is 7. The van der Waals surface area contributed by atoms with Crippen molar-refractivity contribution in [3.8, 4) is 78.4 Å². The summed E-state index contributed by atoms with van der Waals surface area (Å²) >= 11 is 0. The van der Waals surface area contributed by atoms with Gasteiger partial charge in [0.25, 0.3) is 0 Å². The van der Waals surface area contributed by atoms with Crippen LogP contribution in [0.2, 0.25) is 0 Å². The van der Waals surface area contributed by atoms with Crippen LogP contribution in [0.25, 0.3) is 161 Å². The van der Waals surface area contributed by atoms with E-state index < -0.39 is 0 Å². The Morgan fingerprint density at radius 1 is 0.205 bits per heavy atom. The van der Waals surface area contributed by atoms with Crippen LogP contribution in [-0.4, -0.2) is 18.3 Å². The molecule has 88 heavy (non-hydrogen) atoms. The van der Waals surface area contributed by atoms with Gasteiger partial charge in [-0.2, -0.15) is 0 Å². The number of fused-ring (bicyclic) bond motifs is 12. The average molecular weight is 1120 g/mol. The second-order valence-corrected chi connectivity index (χ2v) is 23.6. The van der Waals surface area contributed by atoms with Gasteiger partial charge >= 0.3 is 0 Å². The van der Waals surface area contributed by atoms with Crippen LogP contribution in [0.15, 0.2) is 309 Å². The first kappa shape index (κ1) is 49.9. The van der Waals surface area contributed by atoms with E-state index in [9.17, 15) is 0 Å². The summed E-state index contributed by atoms with van der Waals surface area (Å²) in [4.78, 5) is 0. The van der Waals surface area contributed by atoms with Gasteiger partial charge in [-0.15, -0.1) is 0 Å². The van der Waals surface area contributed by atoms with Crippen LogP contribution in [0, 0.1) is 0 Å². The van der Waals surface area contributed by atoms with E-state index in [4.69, 9.17) is 0 Å². The van der Waals surface area contributed by atoms with Crippen molar-refractivity contribution in [2.24, 2.45) is 0 Å².